The third-order valence-corrected chi connectivity index (χ3v) is 7.21. The second-order valence-electron chi connectivity index (χ2n) is 10.2. The SMILES string of the molecule is CC1CN(C[C@H](O)CN2CCc3ccccc3C2)C(=O)c2ccc(OC3CCN(C)CC3)nc2O1. The van der Waals surface area contributed by atoms with Gasteiger partial charge in [-0.3, -0.25) is 9.69 Å². The number of ether oxygens (including phenoxy) is 2. The van der Waals surface area contributed by atoms with E-state index in [0.29, 0.717) is 30.4 Å². The summed E-state index contributed by atoms with van der Waals surface area (Å²) in [5, 5.41) is 10.9. The van der Waals surface area contributed by atoms with Crippen LogP contribution >= 0.6 is 0 Å². The van der Waals surface area contributed by atoms with Crippen LogP contribution in [0.25, 0.3) is 0 Å². The summed E-state index contributed by atoms with van der Waals surface area (Å²) >= 11 is 0. The Morgan fingerprint density at radius 3 is 2.69 bits per heavy atom. The third kappa shape index (κ3) is 5.77. The summed E-state index contributed by atoms with van der Waals surface area (Å²) in [5.41, 5.74) is 3.12. The van der Waals surface area contributed by atoms with Crippen molar-refractivity contribution in [1.82, 2.24) is 19.7 Å². The number of pyridine rings is 1. The van der Waals surface area contributed by atoms with E-state index in [1.165, 1.54) is 11.1 Å². The molecule has 1 aromatic carbocycles. The van der Waals surface area contributed by atoms with Gasteiger partial charge < -0.3 is 24.4 Å². The first-order valence-electron chi connectivity index (χ1n) is 12.7. The van der Waals surface area contributed by atoms with Gasteiger partial charge >= 0.3 is 0 Å². The van der Waals surface area contributed by atoms with Gasteiger partial charge in [-0.25, -0.2) is 0 Å². The number of aromatic nitrogens is 1. The molecule has 3 aliphatic heterocycles. The maximum absolute atomic E-state index is 13.3. The quantitative estimate of drug-likeness (QED) is 0.679. The highest BCUT2D eigenvalue weighted by Crippen LogP contribution is 2.28. The molecular formula is C27H36N4O4. The van der Waals surface area contributed by atoms with E-state index in [9.17, 15) is 9.90 Å². The van der Waals surface area contributed by atoms with Crippen LogP contribution in [0.4, 0.5) is 0 Å². The Bertz CT molecular complexity index is 1040. The molecule has 0 saturated carbocycles. The van der Waals surface area contributed by atoms with Crippen molar-refractivity contribution in [3.05, 3.63) is 53.1 Å². The third-order valence-electron chi connectivity index (χ3n) is 7.21. The van der Waals surface area contributed by atoms with E-state index in [1.807, 2.05) is 6.92 Å². The van der Waals surface area contributed by atoms with Gasteiger partial charge in [0.25, 0.3) is 5.91 Å². The number of aliphatic hydroxyl groups excluding tert-OH is 1. The fourth-order valence-corrected chi connectivity index (χ4v) is 5.28. The van der Waals surface area contributed by atoms with Crippen LogP contribution in [0.2, 0.25) is 0 Å². The lowest BCUT2D eigenvalue weighted by Gasteiger charge is -2.32. The summed E-state index contributed by atoms with van der Waals surface area (Å²) in [6, 6.07) is 12.0. The Morgan fingerprint density at radius 1 is 1.11 bits per heavy atom. The molecule has 0 bridgehead atoms. The number of β-amino-alcohol motifs (C(OH)–C–C–N with tert-alkyl or cyclic N) is 1. The van der Waals surface area contributed by atoms with Gasteiger partial charge in [-0.1, -0.05) is 24.3 Å². The summed E-state index contributed by atoms with van der Waals surface area (Å²) in [5.74, 6) is 0.653. The number of rotatable bonds is 6. The average molecular weight is 481 g/mol. The lowest BCUT2D eigenvalue weighted by Crippen LogP contribution is -2.45. The number of carbonyl (C=O) groups excluding carboxylic acids is 1. The molecule has 0 radical (unpaired) electrons. The standard InChI is InChI=1S/C27H36N4O4/c1-19-15-31(18-22(32)17-30-14-9-20-5-3-4-6-21(20)16-30)27(33)24-7-8-25(28-26(24)34-19)35-23-10-12-29(2)13-11-23/h3-8,19,22-23,32H,9-18H2,1-2H3/t19?,22-/m1/s1. The summed E-state index contributed by atoms with van der Waals surface area (Å²) < 4.78 is 12.1. The van der Waals surface area contributed by atoms with Crippen LogP contribution in [0, 0.1) is 0 Å². The number of hydrogen-bond donors (Lipinski definition) is 1. The fraction of sp³-hybridized carbons (Fsp3) is 0.556. The van der Waals surface area contributed by atoms with Crippen molar-refractivity contribution in [2.24, 2.45) is 0 Å². The van der Waals surface area contributed by atoms with Gasteiger partial charge in [0.15, 0.2) is 0 Å². The molecule has 1 aromatic heterocycles. The van der Waals surface area contributed by atoms with Crippen LogP contribution < -0.4 is 9.47 Å². The predicted octanol–water partition coefficient (Wildman–Crippen LogP) is 2.20. The van der Waals surface area contributed by atoms with Crippen LogP contribution in [-0.4, -0.2) is 95.3 Å². The number of benzene rings is 1. The van der Waals surface area contributed by atoms with Crippen LogP contribution in [0.1, 0.15) is 41.3 Å². The molecule has 35 heavy (non-hydrogen) atoms. The lowest BCUT2D eigenvalue weighted by molar-refractivity contribution is 0.0452. The molecule has 0 spiro atoms. The topological polar surface area (TPSA) is 78.4 Å². The molecule has 1 N–H and O–H groups in total. The normalized spacial score (nSPS) is 22.7. The van der Waals surface area contributed by atoms with Crippen molar-refractivity contribution in [2.75, 3.05) is 46.3 Å². The Labute approximate surface area is 207 Å². The number of aliphatic hydroxyl groups is 1. The van der Waals surface area contributed by atoms with Gasteiger partial charge in [-0.05, 0) is 50.4 Å². The number of fused-ring (bicyclic) bond motifs is 2. The minimum absolute atomic E-state index is 0.129. The predicted molar refractivity (Wildman–Crippen MR) is 133 cm³/mol. The van der Waals surface area contributed by atoms with Gasteiger partial charge in [0.05, 0.1) is 12.6 Å². The molecule has 8 heteroatoms. The highest BCUT2D eigenvalue weighted by molar-refractivity contribution is 5.96. The minimum atomic E-state index is -0.641. The number of amides is 1. The zero-order valence-electron chi connectivity index (χ0n) is 20.7. The van der Waals surface area contributed by atoms with Crippen molar-refractivity contribution in [3.8, 4) is 11.8 Å². The van der Waals surface area contributed by atoms with Crippen LogP contribution in [0.3, 0.4) is 0 Å². The summed E-state index contributed by atoms with van der Waals surface area (Å²) in [7, 11) is 2.12. The van der Waals surface area contributed by atoms with Crippen molar-refractivity contribution in [3.63, 3.8) is 0 Å². The summed E-state index contributed by atoms with van der Waals surface area (Å²) in [6.07, 6.45) is 2.15. The van der Waals surface area contributed by atoms with Gasteiger partial charge in [-0.2, -0.15) is 4.98 Å². The minimum Gasteiger partial charge on any atom is -0.474 e. The molecule has 1 amide bonds. The number of likely N-dealkylation sites (tertiary alicyclic amines) is 1. The van der Waals surface area contributed by atoms with Gasteiger partial charge in [0, 0.05) is 45.3 Å². The molecule has 1 fully saturated rings. The first-order valence-corrected chi connectivity index (χ1v) is 12.7. The zero-order valence-corrected chi connectivity index (χ0v) is 20.7. The largest absolute Gasteiger partial charge is 0.474 e. The van der Waals surface area contributed by atoms with E-state index >= 15 is 0 Å². The van der Waals surface area contributed by atoms with Crippen molar-refractivity contribution in [2.45, 2.75) is 51.0 Å². The molecule has 2 atom stereocenters. The molecule has 8 nitrogen and oxygen atoms in total. The van der Waals surface area contributed by atoms with Crippen molar-refractivity contribution >= 4 is 5.91 Å². The lowest BCUT2D eigenvalue weighted by atomic mass is 10.00. The molecule has 188 valence electrons. The second-order valence-corrected chi connectivity index (χ2v) is 10.2. The van der Waals surface area contributed by atoms with E-state index in [2.05, 4.69) is 46.1 Å². The first kappa shape index (κ1) is 24.0. The Kier molecular flexibility index (Phi) is 7.22. The zero-order chi connectivity index (χ0) is 24.4. The van der Waals surface area contributed by atoms with E-state index in [0.717, 1.165) is 45.4 Å². The summed E-state index contributed by atoms with van der Waals surface area (Å²) in [4.78, 5) is 24.1. The van der Waals surface area contributed by atoms with Gasteiger partial charge in [-0.15, -0.1) is 0 Å². The summed E-state index contributed by atoms with van der Waals surface area (Å²) in [6.45, 7) is 6.86. The highest BCUT2D eigenvalue weighted by Gasteiger charge is 2.31. The number of nitrogens with zero attached hydrogens (tertiary/aromatic N) is 4. The number of hydrogen-bond acceptors (Lipinski definition) is 7. The Hall–Kier alpha value is -2.68. The van der Waals surface area contributed by atoms with E-state index in [1.54, 1.807) is 17.0 Å². The molecule has 5 rings (SSSR count). The van der Waals surface area contributed by atoms with Crippen LogP contribution in [-0.2, 0) is 13.0 Å². The van der Waals surface area contributed by atoms with Gasteiger partial charge in [0.1, 0.15) is 17.8 Å². The maximum Gasteiger partial charge on any atom is 0.259 e. The monoisotopic (exact) mass is 480 g/mol. The molecular weight excluding hydrogens is 444 g/mol. The van der Waals surface area contributed by atoms with Gasteiger partial charge in [0.2, 0.25) is 11.8 Å². The van der Waals surface area contributed by atoms with Crippen LogP contribution in [0.15, 0.2) is 36.4 Å². The Morgan fingerprint density at radius 2 is 1.89 bits per heavy atom. The number of carbonyl (C=O) groups is 1. The van der Waals surface area contributed by atoms with E-state index in [-0.39, 0.29) is 24.7 Å². The smallest absolute Gasteiger partial charge is 0.259 e. The van der Waals surface area contributed by atoms with E-state index < -0.39 is 6.10 Å². The molecule has 3 aliphatic rings. The molecule has 2 aromatic rings. The maximum atomic E-state index is 13.3. The highest BCUT2D eigenvalue weighted by atomic mass is 16.5. The molecule has 1 saturated heterocycles. The average Bonchev–Trinajstić information content (AvgIpc) is 2.95. The first-order chi connectivity index (χ1) is 16.9. The van der Waals surface area contributed by atoms with Crippen molar-refractivity contribution in [1.29, 1.82) is 0 Å². The van der Waals surface area contributed by atoms with E-state index in [4.69, 9.17) is 9.47 Å². The fourth-order valence-electron chi connectivity index (χ4n) is 5.28. The second kappa shape index (κ2) is 10.5. The molecule has 1 unspecified atom stereocenters. The Balaban J connectivity index is 1.21. The number of piperidine rings is 1. The van der Waals surface area contributed by atoms with Crippen molar-refractivity contribution < 1.29 is 19.4 Å². The molecule has 4 heterocycles. The molecule has 0 aliphatic carbocycles. The van der Waals surface area contributed by atoms with Crippen LogP contribution in [0.5, 0.6) is 11.8 Å².